The quantitative estimate of drug-likeness (QED) is 0.477. The van der Waals surface area contributed by atoms with E-state index < -0.39 is 18.2 Å². The predicted molar refractivity (Wildman–Crippen MR) is 63.6 cm³/mol. The molecule has 0 spiro atoms. The van der Waals surface area contributed by atoms with E-state index in [0.29, 0.717) is 0 Å². The maximum Gasteiger partial charge on any atom is 0.515 e. The summed E-state index contributed by atoms with van der Waals surface area (Å²) in [5, 5.41) is 8.65. The van der Waals surface area contributed by atoms with Crippen LogP contribution in [0.1, 0.15) is 5.56 Å². The normalized spacial score (nSPS) is 11.7. The van der Waals surface area contributed by atoms with Crippen LogP contribution in [0.4, 0.5) is 4.79 Å². The Morgan fingerprint density at radius 3 is 2.44 bits per heavy atom. The molecular weight excluding hydrogens is 262 g/mol. The Bertz CT molecular complexity index is 420. The Hall–Kier alpha value is -1.79. The van der Waals surface area contributed by atoms with Crippen LogP contribution in [0.3, 0.4) is 0 Å². The molecule has 0 radical (unpaired) electrons. The molecule has 1 aromatic carbocycles. The summed E-state index contributed by atoms with van der Waals surface area (Å²) in [5.41, 5.74) is 6.11. The lowest BCUT2D eigenvalue weighted by molar-refractivity contribution is -0.138. The molecule has 0 saturated carbocycles. The summed E-state index contributed by atoms with van der Waals surface area (Å²) >= 11 is 5.18. The summed E-state index contributed by atoms with van der Waals surface area (Å²) in [4.78, 5) is 21.5. The van der Waals surface area contributed by atoms with Gasteiger partial charge in [0.2, 0.25) is 0 Å². The summed E-state index contributed by atoms with van der Waals surface area (Å²) in [5.74, 6) is -0.793. The van der Waals surface area contributed by atoms with E-state index in [4.69, 9.17) is 27.2 Å². The number of carbonyl (C=O) groups excluding carboxylic acids is 1. The number of hydrogen-bond acceptors (Lipinski definition) is 5. The van der Waals surface area contributed by atoms with Gasteiger partial charge in [0.1, 0.15) is 11.8 Å². The third kappa shape index (κ3) is 4.60. The molecule has 1 aromatic rings. The van der Waals surface area contributed by atoms with Gasteiger partial charge >= 0.3 is 12.1 Å². The number of halogens is 1. The van der Waals surface area contributed by atoms with E-state index in [9.17, 15) is 9.59 Å². The van der Waals surface area contributed by atoms with E-state index in [1.807, 2.05) is 0 Å². The molecule has 0 heterocycles. The van der Waals surface area contributed by atoms with Crippen molar-refractivity contribution in [3.63, 3.8) is 0 Å². The van der Waals surface area contributed by atoms with E-state index in [1.165, 1.54) is 12.1 Å². The monoisotopic (exact) mass is 273 g/mol. The molecule has 1 atom stereocenters. The molecule has 0 aliphatic carbocycles. The highest BCUT2D eigenvalue weighted by Gasteiger charge is 2.12. The largest absolute Gasteiger partial charge is 0.515 e. The first-order valence-corrected chi connectivity index (χ1v) is 5.54. The number of carbonyl (C=O) groups is 2. The van der Waals surface area contributed by atoms with Crippen molar-refractivity contribution in [2.75, 3.05) is 6.07 Å². The average Bonchev–Trinajstić information content (AvgIpc) is 2.31. The zero-order chi connectivity index (χ0) is 13.5. The Kier molecular flexibility index (Phi) is 5.41. The molecule has 1 unspecified atom stereocenters. The van der Waals surface area contributed by atoms with Crippen LogP contribution in [0.2, 0.25) is 0 Å². The van der Waals surface area contributed by atoms with Crippen molar-refractivity contribution < 1.29 is 24.2 Å². The van der Waals surface area contributed by atoms with Crippen molar-refractivity contribution >= 4 is 23.7 Å². The molecule has 7 heteroatoms. The number of hydrogen-bond donors (Lipinski definition) is 2. The molecule has 18 heavy (non-hydrogen) atoms. The second-order valence-corrected chi connectivity index (χ2v) is 3.62. The van der Waals surface area contributed by atoms with Gasteiger partial charge in [-0.15, -0.1) is 0 Å². The van der Waals surface area contributed by atoms with Crippen LogP contribution in [-0.4, -0.2) is 29.3 Å². The number of carboxylic acid groups (broad SMARTS) is 1. The number of carboxylic acids is 1. The van der Waals surface area contributed by atoms with Gasteiger partial charge in [0.05, 0.1) is 0 Å². The minimum atomic E-state index is -1.07. The highest BCUT2D eigenvalue weighted by Crippen LogP contribution is 2.14. The topological polar surface area (TPSA) is 98.9 Å². The SMILES string of the molecule is NC(Cc1ccc(OC(=O)OCCl)cc1)C(=O)O. The summed E-state index contributed by atoms with van der Waals surface area (Å²) in [7, 11) is 0. The first-order chi connectivity index (χ1) is 8.52. The van der Waals surface area contributed by atoms with Crippen molar-refractivity contribution in [1.29, 1.82) is 0 Å². The Morgan fingerprint density at radius 1 is 1.33 bits per heavy atom. The number of ether oxygens (including phenoxy) is 2. The van der Waals surface area contributed by atoms with Crippen molar-refractivity contribution in [1.82, 2.24) is 0 Å². The number of aliphatic carboxylic acids is 1. The van der Waals surface area contributed by atoms with Gasteiger partial charge in [0.25, 0.3) is 0 Å². The molecule has 0 aliphatic heterocycles. The number of benzene rings is 1. The molecule has 0 amide bonds. The third-order valence-electron chi connectivity index (χ3n) is 2.07. The van der Waals surface area contributed by atoms with Gasteiger partial charge in [-0.2, -0.15) is 0 Å². The molecule has 6 nitrogen and oxygen atoms in total. The predicted octanol–water partition coefficient (Wildman–Crippen LogP) is 1.35. The Labute approximate surface area is 108 Å². The van der Waals surface area contributed by atoms with Gasteiger partial charge in [-0.3, -0.25) is 4.79 Å². The van der Waals surface area contributed by atoms with E-state index in [-0.39, 0.29) is 18.2 Å². The van der Waals surface area contributed by atoms with Crippen LogP contribution in [-0.2, 0) is 16.0 Å². The molecule has 0 fully saturated rings. The summed E-state index contributed by atoms with van der Waals surface area (Å²) in [6, 6.07) is 5.01. The van der Waals surface area contributed by atoms with E-state index in [2.05, 4.69) is 4.74 Å². The number of nitrogens with two attached hydrogens (primary N) is 1. The highest BCUT2D eigenvalue weighted by molar-refractivity contribution is 6.17. The fraction of sp³-hybridized carbons (Fsp3) is 0.273. The molecule has 0 bridgehead atoms. The van der Waals surface area contributed by atoms with Gasteiger partial charge in [-0.1, -0.05) is 23.7 Å². The summed E-state index contributed by atoms with van der Waals surface area (Å²) in [6.07, 6.45) is -0.707. The number of alkyl halides is 1. The average molecular weight is 274 g/mol. The maximum absolute atomic E-state index is 10.9. The van der Waals surface area contributed by atoms with Gasteiger partial charge in [-0.25, -0.2) is 4.79 Å². The molecule has 1 rings (SSSR count). The van der Waals surface area contributed by atoms with Gasteiger partial charge in [-0.05, 0) is 24.1 Å². The van der Waals surface area contributed by atoms with Crippen LogP contribution < -0.4 is 10.5 Å². The minimum Gasteiger partial charge on any atom is -0.480 e. The second kappa shape index (κ2) is 6.83. The van der Waals surface area contributed by atoms with E-state index in [0.717, 1.165) is 5.56 Å². The van der Waals surface area contributed by atoms with Gasteiger partial charge < -0.3 is 20.3 Å². The van der Waals surface area contributed by atoms with Crippen LogP contribution in [0.25, 0.3) is 0 Å². The lowest BCUT2D eigenvalue weighted by Crippen LogP contribution is -2.32. The first kappa shape index (κ1) is 14.3. The minimum absolute atomic E-state index is 0.196. The van der Waals surface area contributed by atoms with Gasteiger partial charge in [0, 0.05) is 0 Å². The molecule has 3 N–H and O–H groups in total. The molecule has 0 saturated heterocycles. The third-order valence-corrected chi connectivity index (χ3v) is 2.18. The second-order valence-electron chi connectivity index (χ2n) is 3.40. The standard InChI is InChI=1S/C11H12ClNO5/c12-6-17-11(16)18-8-3-1-7(2-4-8)5-9(13)10(14)15/h1-4,9H,5-6,13H2,(H,14,15). The van der Waals surface area contributed by atoms with Crippen LogP contribution in [0, 0.1) is 0 Å². The maximum atomic E-state index is 10.9. The lowest BCUT2D eigenvalue weighted by atomic mass is 10.1. The smallest absolute Gasteiger partial charge is 0.480 e. The van der Waals surface area contributed by atoms with Crippen molar-refractivity contribution in [3.05, 3.63) is 29.8 Å². The van der Waals surface area contributed by atoms with Crippen LogP contribution in [0.5, 0.6) is 5.75 Å². The summed E-state index contributed by atoms with van der Waals surface area (Å²) < 4.78 is 9.15. The first-order valence-electron chi connectivity index (χ1n) is 5.01. The van der Waals surface area contributed by atoms with Crippen LogP contribution >= 0.6 is 11.6 Å². The van der Waals surface area contributed by atoms with E-state index >= 15 is 0 Å². The molecular formula is C11H12ClNO5. The fourth-order valence-electron chi connectivity index (χ4n) is 1.21. The Morgan fingerprint density at radius 2 is 1.94 bits per heavy atom. The van der Waals surface area contributed by atoms with Crippen molar-refractivity contribution in [3.8, 4) is 5.75 Å². The van der Waals surface area contributed by atoms with Crippen LogP contribution in [0.15, 0.2) is 24.3 Å². The zero-order valence-electron chi connectivity index (χ0n) is 9.34. The van der Waals surface area contributed by atoms with Gasteiger partial charge in [0.15, 0.2) is 6.07 Å². The summed E-state index contributed by atoms with van der Waals surface area (Å²) in [6.45, 7) is 0. The molecule has 0 aliphatic rings. The molecule has 98 valence electrons. The van der Waals surface area contributed by atoms with E-state index in [1.54, 1.807) is 12.1 Å². The van der Waals surface area contributed by atoms with Crippen molar-refractivity contribution in [2.45, 2.75) is 12.5 Å². The molecule has 0 aromatic heterocycles. The Balaban J connectivity index is 2.57. The lowest BCUT2D eigenvalue weighted by Gasteiger charge is -2.07. The highest BCUT2D eigenvalue weighted by atomic mass is 35.5. The van der Waals surface area contributed by atoms with Crippen molar-refractivity contribution in [2.24, 2.45) is 5.73 Å². The fourth-order valence-corrected chi connectivity index (χ4v) is 1.29. The number of rotatable bonds is 5. The zero-order valence-corrected chi connectivity index (χ0v) is 10.1.